The number of urea groups is 1. The largest absolute Gasteiger partial charge is 0.485 e. The van der Waals surface area contributed by atoms with Crippen LogP contribution in [0.5, 0.6) is 5.75 Å². The van der Waals surface area contributed by atoms with Crippen molar-refractivity contribution in [3.63, 3.8) is 0 Å². The lowest BCUT2D eigenvalue weighted by atomic mass is 10.2. The molecule has 0 bridgehead atoms. The van der Waals surface area contributed by atoms with Crippen LogP contribution in [0.4, 0.5) is 4.79 Å². The second kappa shape index (κ2) is 9.81. The van der Waals surface area contributed by atoms with Crippen LogP contribution in [0, 0.1) is 12.8 Å². The molecule has 0 atom stereocenters. The minimum absolute atomic E-state index is 0.0467. The molecule has 3 amide bonds. The number of nitrogens with one attached hydrogen (secondary N) is 3. The monoisotopic (exact) mass is 377 g/mol. The molecule has 0 aliphatic heterocycles. The van der Waals surface area contributed by atoms with E-state index in [1.54, 1.807) is 0 Å². The van der Waals surface area contributed by atoms with Crippen LogP contribution in [-0.4, -0.2) is 39.4 Å². The molecule has 1 aromatic heterocycles. The number of rotatable bonds is 8. The van der Waals surface area contributed by atoms with Gasteiger partial charge in [0, 0.05) is 6.54 Å². The lowest BCUT2D eigenvalue weighted by Crippen LogP contribution is -2.41. The van der Waals surface area contributed by atoms with E-state index in [4.69, 9.17) is 4.74 Å². The van der Waals surface area contributed by atoms with Crippen LogP contribution >= 0.6 is 11.8 Å². The highest BCUT2D eigenvalue weighted by Gasteiger charge is 2.11. The van der Waals surface area contributed by atoms with Gasteiger partial charge >= 0.3 is 6.03 Å². The van der Waals surface area contributed by atoms with Crippen LogP contribution in [0.2, 0.25) is 0 Å². The van der Waals surface area contributed by atoms with Gasteiger partial charge in [0.1, 0.15) is 12.4 Å². The standard InChI is InChI=1S/C17H23N5O3S/c1-11(2)8-18-16(24)20-15(23)10-26-17-19-14(21-22-17)9-25-13-7-5-4-6-12(13)3/h4-7,11H,8-10H2,1-3H3,(H,19,21,22)(H2,18,20,23,24). The second-order valence-corrected chi connectivity index (χ2v) is 7.00. The van der Waals surface area contributed by atoms with Crippen molar-refractivity contribution in [3.8, 4) is 5.75 Å². The Hall–Kier alpha value is -2.55. The smallest absolute Gasteiger partial charge is 0.321 e. The van der Waals surface area contributed by atoms with E-state index in [2.05, 4.69) is 25.8 Å². The van der Waals surface area contributed by atoms with E-state index in [1.807, 2.05) is 45.0 Å². The van der Waals surface area contributed by atoms with Gasteiger partial charge < -0.3 is 10.1 Å². The third kappa shape index (κ3) is 6.75. The van der Waals surface area contributed by atoms with Crippen LogP contribution in [0.3, 0.4) is 0 Å². The average Bonchev–Trinajstić information content (AvgIpc) is 3.05. The molecule has 0 spiro atoms. The van der Waals surface area contributed by atoms with Crippen LogP contribution in [0.25, 0.3) is 0 Å². The van der Waals surface area contributed by atoms with Crippen molar-refractivity contribution in [2.45, 2.75) is 32.5 Å². The van der Waals surface area contributed by atoms with Crippen molar-refractivity contribution in [2.24, 2.45) is 5.92 Å². The van der Waals surface area contributed by atoms with E-state index in [0.717, 1.165) is 23.1 Å². The van der Waals surface area contributed by atoms with Gasteiger partial charge in [-0.3, -0.25) is 15.2 Å². The number of aryl methyl sites for hydroxylation is 1. The highest BCUT2D eigenvalue weighted by molar-refractivity contribution is 7.99. The van der Waals surface area contributed by atoms with Gasteiger partial charge in [-0.05, 0) is 24.5 Å². The number of H-pyrrole nitrogens is 1. The predicted octanol–water partition coefficient (Wildman–Crippen LogP) is 2.27. The first-order valence-corrected chi connectivity index (χ1v) is 9.22. The number of carbonyl (C=O) groups is 2. The number of hydrogen-bond donors (Lipinski definition) is 3. The zero-order valence-corrected chi connectivity index (χ0v) is 15.9. The van der Waals surface area contributed by atoms with Crippen molar-refractivity contribution in [1.82, 2.24) is 25.8 Å². The molecular formula is C17H23N5O3S. The Balaban J connectivity index is 1.73. The number of carbonyl (C=O) groups excluding carboxylic acids is 2. The van der Waals surface area contributed by atoms with Crippen molar-refractivity contribution >= 4 is 23.7 Å². The average molecular weight is 377 g/mol. The minimum Gasteiger partial charge on any atom is -0.485 e. The summed E-state index contributed by atoms with van der Waals surface area (Å²) in [5, 5.41) is 12.1. The van der Waals surface area contributed by atoms with Gasteiger partial charge in [-0.15, -0.1) is 5.10 Å². The van der Waals surface area contributed by atoms with Gasteiger partial charge in [-0.1, -0.05) is 43.8 Å². The molecular weight excluding hydrogens is 354 g/mol. The molecule has 1 heterocycles. The van der Waals surface area contributed by atoms with Crippen LogP contribution in [0.1, 0.15) is 25.2 Å². The molecule has 140 valence electrons. The lowest BCUT2D eigenvalue weighted by Gasteiger charge is -2.07. The summed E-state index contributed by atoms with van der Waals surface area (Å²) < 4.78 is 5.69. The molecule has 0 unspecified atom stereocenters. The number of imide groups is 1. The number of thioether (sulfide) groups is 1. The van der Waals surface area contributed by atoms with Gasteiger partial charge in [0.25, 0.3) is 0 Å². The van der Waals surface area contributed by atoms with E-state index in [1.165, 1.54) is 0 Å². The number of aromatic amines is 1. The molecule has 0 saturated heterocycles. The van der Waals surface area contributed by atoms with Crippen molar-refractivity contribution in [2.75, 3.05) is 12.3 Å². The fourth-order valence-electron chi connectivity index (χ4n) is 1.91. The van der Waals surface area contributed by atoms with Crippen LogP contribution in [0.15, 0.2) is 29.4 Å². The molecule has 8 nitrogen and oxygen atoms in total. The van der Waals surface area contributed by atoms with Crippen LogP contribution in [-0.2, 0) is 11.4 Å². The van der Waals surface area contributed by atoms with E-state index in [9.17, 15) is 9.59 Å². The second-order valence-electron chi connectivity index (χ2n) is 6.06. The summed E-state index contributed by atoms with van der Waals surface area (Å²) in [4.78, 5) is 27.5. The Labute approximate surface area is 156 Å². The number of benzene rings is 1. The fraction of sp³-hybridized carbons (Fsp3) is 0.412. The molecule has 0 radical (unpaired) electrons. The summed E-state index contributed by atoms with van der Waals surface area (Å²) in [5.41, 5.74) is 1.04. The van der Waals surface area contributed by atoms with Gasteiger partial charge in [0.2, 0.25) is 11.1 Å². The molecule has 9 heteroatoms. The molecule has 2 rings (SSSR count). The van der Waals surface area contributed by atoms with E-state index in [0.29, 0.717) is 23.4 Å². The maximum absolute atomic E-state index is 11.7. The topological polar surface area (TPSA) is 109 Å². The highest BCUT2D eigenvalue weighted by Crippen LogP contribution is 2.18. The van der Waals surface area contributed by atoms with Gasteiger partial charge in [0.05, 0.1) is 5.75 Å². The first-order chi connectivity index (χ1) is 12.4. The molecule has 0 fully saturated rings. The minimum atomic E-state index is -0.494. The Morgan fingerprint density at radius 3 is 2.81 bits per heavy atom. The van der Waals surface area contributed by atoms with E-state index < -0.39 is 11.9 Å². The number of para-hydroxylation sites is 1. The first kappa shape index (κ1) is 19.8. The Kier molecular flexibility index (Phi) is 7.46. The number of nitrogens with zero attached hydrogens (tertiary/aromatic N) is 2. The molecule has 0 aliphatic rings. The van der Waals surface area contributed by atoms with Crippen molar-refractivity contribution in [3.05, 3.63) is 35.7 Å². The van der Waals surface area contributed by atoms with Gasteiger partial charge in [-0.25, -0.2) is 9.78 Å². The molecule has 1 aromatic carbocycles. The third-order valence-electron chi connectivity index (χ3n) is 3.23. The maximum atomic E-state index is 11.7. The lowest BCUT2D eigenvalue weighted by molar-refractivity contribution is -0.117. The highest BCUT2D eigenvalue weighted by atomic mass is 32.2. The molecule has 0 saturated carbocycles. The Bertz CT molecular complexity index is 748. The zero-order valence-electron chi connectivity index (χ0n) is 15.0. The predicted molar refractivity (Wildman–Crippen MR) is 99.0 cm³/mol. The number of ether oxygens (including phenoxy) is 1. The van der Waals surface area contributed by atoms with E-state index >= 15 is 0 Å². The summed E-state index contributed by atoms with van der Waals surface area (Å²) in [6, 6.07) is 7.20. The normalized spacial score (nSPS) is 10.6. The molecule has 26 heavy (non-hydrogen) atoms. The summed E-state index contributed by atoms with van der Waals surface area (Å²) >= 11 is 1.14. The summed E-state index contributed by atoms with van der Waals surface area (Å²) in [5.74, 6) is 1.30. The summed E-state index contributed by atoms with van der Waals surface area (Å²) in [6.07, 6.45) is 0. The Morgan fingerprint density at radius 1 is 1.31 bits per heavy atom. The van der Waals surface area contributed by atoms with E-state index in [-0.39, 0.29) is 12.4 Å². The summed E-state index contributed by atoms with van der Waals surface area (Å²) in [7, 11) is 0. The summed E-state index contributed by atoms with van der Waals surface area (Å²) in [6.45, 7) is 6.68. The SMILES string of the molecule is Cc1ccccc1OCc1nc(SCC(=O)NC(=O)NCC(C)C)n[nH]1. The number of hydrogen-bond acceptors (Lipinski definition) is 6. The zero-order chi connectivity index (χ0) is 18.9. The van der Waals surface area contributed by atoms with Crippen LogP contribution < -0.4 is 15.4 Å². The number of amides is 3. The molecule has 3 N–H and O–H groups in total. The van der Waals surface area contributed by atoms with Crippen molar-refractivity contribution in [1.29, 1.82) is 0 Å². The quantitative estimate of drug-likeness (QED) is 0.609. The number of aromatic nitrogens is 3. The molecule has 0 aliphatic carbocycles. The van der Waals surface area contributed by atoms with Gasteiger partial charge in [-0.2, -0.15) is 0 Å². The molecule has 2 aromatic rings. The van der Waals surface area contributed by atoms with Gasteiger partial charge in [0.15, 0.2) is 5.82 Å². The van der Waals surface area contributed by atoms with Crippen molar-refractivity contribution < 1.29 is 14.3 Å². The fourth-order valence-corrected chi connectivity index (χ4v) is 2.52. The Morgan fingerprint density at radius 2 is 2.08 bits per heavy atom. The maximum Gasteiger partial charge on any atom is 0.321 e. The third-order valence-corrected chi connectivity index (χ3v) is 4.07. The first-order valence-electron chi connectivity index (χ1n) is 8.24.